The summed E-state index contributed by atoms with van der Waals surface area (Å²) < 4.78 is 1.03. The smallest absolute Gasteiger partial charge is 0.234 e. The van der Waals surface area contributed by atoms with Crippen molar-refractivity contribution < 1.29 is 9.59 Å². The molecular formula is C19H21BrN2O2S. The number of rotatable bonds is 6. The van der Waals surface area contributed by atoms with Crippen molar-refractivity contribution in [2.75, 3.05) is 16.4 Å². The number of carbonyl (C=O) groups is 2. The summed E-state index contributed by atoms with van der Waals surface area (Å²) in [6, 6.07) is 13.1. The van der Waals surface area contributed by atoms with E-state index in [1.807, 2.05) is 39.0 Å². The van der Waals surface area contributed by atoms with Gasteiger partial charge in [-0.05, 0) is 55.0 Å². The number of hydrogen-bond donors (Lipinski definition) is 2. The first-order valence-corrected chi connectivity index (χ1v) is 9.72. The van der Waals surface area contributed by atoms with E-state index in [-0.39, 0.29) is 17.7 Å². The molecule has 2 aromatic carbocycles. The van der Waals surface area contributed by atoms with Gasteiger partial charge < -0.3 is 10.6 Å². The number of halogens is 1. The minimum absolute atomic E-state index is 0.0296. The standard InChI is InChI=1S/C19H21BrN2O2S/c1-12(2)19(24)22-16-7-5-15(6-8-16)21-18(23)11-25-17-9-4-14(20)10-13(17)3/h4-10,12H,11H2,1-3H3,(H,21,23)(H,22,24). The van der Waals surface area contributed by atoms with Gasteiger partial charge in [0.1, 0.15) is 0 Å². The predicted octanol–water partition coefficient (Wildman–Crippen LogP) is 5.08. The summed E-state index contributed by atoms with van der Waals surface area (Å²) in [5.41, 5.74) is 2.56. The number of thioether (sulfide) groups is 1. The Labute approximate surface area is 160 Å². The van der Waals surface area contributed by atoms with Gasteiger partial charge in [-0.3, -0.25) is 9.59 Å². The Bertz CT molecular complexity index is 761. The fraction of sp³-hybridized carbons (Fsp3) is 0.263. The number of anilines is 2. The van der Waals surface area contributed by atoms with E-state index in [4.69, 9.17) is 0 Å². The predicted molar refractivity (Wildman–Crippen MR) is 108 cm³/mol. The zero-order chi connectivity index (χ0) is 18.4. The first-order chi connectivity index (χ1) is 11.8. The van der Waals surface area contributed by atoms with Crippen molar-refractivity contribution in [3.8, 4) is 0 Å². The summed E-state index contributed by atoms with van der Waals surface area (Å²) in [6.07, 6.45) is 0. The number of hydrogen-bond acceptors (Lipinski definition) is 3. The minimum Gasteiger partial charge on any atom is -0.326 e. The van der Waals surface area contributed by atoms with Crippen LogP contribution in [0.25, 0.3) is 0 Å². The molecular weight excluding hydrogens is 400 g/mol. The molecule has 0 radical (unpaired) electrons. The number of carbonyl (C=O) groups excluding carboxylic acids is 2. The molecule has 132 valence electrons. The molecule has 0 aromatic heterocycles. The van der Waals surface area contributed by atoms with Crippen LogP contribution in [-0.4, -0.2) is 17.6 Å². The van der Waals surface area contributed by atoms with Crippen LogP contribution in [-0.2, 0) is 9.59 Å². The lowest BCUT2D eigenvalue weighted by Crippen LogP contribution is -2.18. The van der Waals surface area contributed by atoms with E-state index in [9.17, 15) is 9.59 Å². The van der Waals surface area contributed by atoms with Gasteiger partial charge >= 0.3 is 0 Å². The molecule has 0 bridgehead atoms. The van der Waals surface area contributed by atoms with Gasteiger partial charge in [0, 0.05) is 26.7 Å². The molecule has 2 aromatic rings. The fourth-order valence-corrected chi connectivity index (χ4v) is 3.32. The molecule has 4 nitrogen and oxygen atoms in total. The van der Waals surface area contributed by atoms with Crippen LogP contribution in [0.3, 0.4) is 0 Å². The molecule has 2 amide bonds. The Kier molecular flexibility index (Phi) is 7.08. The number of benzene rings is 2. The van der Waals surface area contributed by atoms with Gasteiger partial charge in [-0.1, -0.05) is 29.8 Å². The van der Waals surface area contributed by atoms with Crippen LogP contribution in [0.5, 0.6) is 0 Å². The quantitative estimate of drug-likeness (QED) is 0.640. The molecule has 0 heterocycles. The lowest BCUT2D eigenvalue weighted by molar-refractivity contribution is -0.119. The Balaban J connectivity index is 1.87. The summed E-state index contributed by atoms with van der Waals surface area (Å²) in [4.78, 5) is 24.8. The van der Waals surface area contributed by atoms with E-state index in [0.717, 1.165) is 20.6 Å². The second kappa shape index (κ2) is 9.06. The van der Waals surface area contributed by atoms with E-state index < -0.39 is 0 Å². The largest absolute Gasteiger partial charge is 0.326 e. The van der Waals surface area contributed by atoms with Gasteiger partial charge in [-0.15, -0.1) is 11.8 Å². The van der Waals surface area contributed by atoms with Crippen molar-refractivity contribution in [1.82, 2.24) is 0 Å². The molecule has 0 aliphatic rings. The van der Waals surface area contributed by atoms with Crippen molar-refractivity contribution >= 4 is 50.9 Å². The van der Waals surface area contributed by atoms with Crippen LogP contribution in [0.2, 0.25) is 0 Å². The van der Waals surface area contributed by atoms with Crippen molar-refractivity contribution in [3.05, 3.63) is 52.5 Å². The minimum atomic E-state index is -0.0709. The molecule has 6 heteroatoms. The van der Waals surface area contributed by atoms with Crippen LogP contribution in [0.4, 0.5) is 11.4 Å². The van der Waals surface area contributed by atoms with Crippen LogP contribution < -0.4 is 10.6 Å². The second-order valence-corrected chi connectivity index (χ2v) is 7.90. The first-order valence-electron chi connectivity index (χ1n) is 7.95. The number of nitrogens with one attached hydrogen (secondary N) is 2. The lowest BCUT2D eigenvalue weighted by atomic mass is 10.2. The van der Waals surface area contributed by atoms with Crippen LogP contribution in [0, 0.1) is 12.8 Å². The van der Waals surface area contributed by atoms with E-state index in [1.54, 1.807) is 24.3 Å². The molecule has 0 fully saturated rings. The lowest BCUT2D eigenvalue weighted by Gasteiger charge is -2.10. The van der Waals surface area contributed by atoms with Gasteiger partial charge in [0.05, 0.1) is 5.75 Å². The molecule has 25 heavy (non-hydrogen) atoms. The summed E-state index contributed by atoms with van der Waals surface area (Å²) in [5, 5.41) is 5.68. The summed E-state index contributed by atoms with van der Waals surface area (Å²) in [7, 11) is 0. The molecule has 0 saturated carbocycles. The topological polar surface area (TPSA) is 58.2 Å². The molecule has 0 atom stereocenters. The van der Waals surface area contributed by atoms with Gasteiger partial charge in [0.25, 0.3) is 0 Å². The van der Waals surface area contributed by atoms with E-state index in [0.29, 0.717) is 11.4 Å². The highest BCUT2D eigenvalue weighted by molar-refractivity contribution is 9.10. The average molecular weight is 421 g/mol. The fourth-order valence-electron chi connectivity index (χ4n) is 2.04. The zero-order valence-corrected chi connectivity index (χ0v) is 16.8. The Hall–Kier alpha value is -1.79. The Morgan fingerprint density at radius 2 is 1.64 bits per heavy atom. The highest BCUT2D eigenvalue weighted by atomic mass is 79.9. The second-order valence-electron chi connectivity index (χ2n) is 5.97. The molecule has 0 saturated heterocycles. The van der Waals surface area contributed by atoms with Crippen molar-refractivity contribution in [2.45, 2.75) is 25.7 Å². The number of aryl methyl sites for hydroxylation is 1. The molecule has 0 spiro atoms. The summed E-state index contributed by atoms with van der Waals surface area (Å²) in [5.74, 6) is 0.178. The monoisotopic (exact) mass is 420 g/mol. The SMILES string of the molecule is Cc1cc(Br)ccc1SCC(=O)Nc1ccc(NC(=O)C(C)C)cc1. The van der Waals surface area contributed by atoms with Gasteiger partial charge in [0.15, 0.2) is 0 Å². The average Bonchev–Trinajstić information content (AvgIpc) is 2.55. The zero-order valence-electron chi connectivity index (χ0n) is 14.4. The van der Waals surface area contributed by atoms with Crippen LogP contribution in [0.1, 0.15) is 19.4 Å². The third kappa shape index (κ3) is 6.21. The maximum absolute atomic E-state index is 12.1. The Morgan fingerprint density at radius 3 is 2.20 bits per heavy atom. The molecule has 0 unspecified atom stereocenters. The van der Waals surface area contributed by atoms with Gasteiger partial charge in [0.2, 0.25) is 11.8 Å². The van der Waals surface area contributed by atoms with Crippen molar-refractivity contribution in [1.29, 1.82) is 0 Å². The van der Waals surface area contributed by atoms with Crippen LogP contribution >= 0.6 is 27.7 Å². The van der Waals surface area contributed by atoms with E-state index >= 15 is 0 Å². The molecule has 2 rings (SSSR count). The summed E-state index contributed by atoms with van der Waals surface area (Å²) >= 11 is 4.94. The maximum Gasteiger partial charge on any atom is 0.234 e. The molecule has 0 aliphatic heterocycles. The normalized spacial score (nSPS) is 10.6. The Morgan fingerprint density at radius 1 is 1.04 bits per heavy atom. The molecule has 2 N–H and O–H groups in total. The maximum atomic E-state index is 12.1. The summed E-state index contributed by atoms with van der Waals surface area (Å²) in [6.45, 7) is 5.71. The van der Waals surface area contributed by atoms with Gasteiger partial charge in [-0.25, -0.2) is 0 Å². The van der Waals surface area contributed by atoms with Crippen molar-refractivity contribution in [2.24, 2.45) is 5.92 Å². The van der Waals surface area contributed by atoms with E-state index in [1.165, 1.54) is 11.8 Å². The van der Waals surface area contributed by atoms with Crippen molar-refractivity contribution in [3.63, 3.8) is 0 Å². The van der Waals surface area contributed by atoms with Crippen LogP contribution in [0.15, 0.2) is 51.8 Å². The van der Waals surface area contributed by atoms with Gasteiger partial charge in [-0.2, -0.15) is 0 Å². The highest BCUT2D eigenvalue weighted by Crippen LogP contribution is 2.25. The van der Waals surface area contributed by atoms with E-state index in [2.05, 4.69) is 26.6 Å². The molecule has 0 aliphatic carbocycles. The third-order valence-electron chi connectivity index (χ3n) is 3.46. The number of amides is 2. The highest BCUT2D eigenvalue weighted by Gasteiger charge is 2.08. The third-order valence-corrected chi connectivity index (χ3v) is 5.13. The first kappa shape index (κ1) is 19.5.